The summed E-state index contributed by atoms with van der Waals surface area (Å²) in [6.45, 7) is 2.05. The Morgan fingerprint density at radius 1 is 1.17 bits per heavy atom. The Kier molecular flexibility index (Phi) is 3.20. The van der Waals surface area contributed by atoms with Crippen LogP contribution in [0.4, 0.5) is 0 Å². The van der Waals surface area contributed by atoms with Crippen molar-refractivity contribution in [1.82, 2.24) is 9.99 Å². The van der Waals surface area contributed by atoms with Gasteiger partial charge in [-0.25, -0.2) is 5.84 Å². The predicted octanol–water partition coefficient (Wildman–Crippen LogP) is 3.62. The van der Waals surface area contributed by atoms with E-state index in [0.717, 1.165) is 40.6 Å². The van der Waals surface area contributed by atoms with Gasteiger partial charge in [-0.15, -0.1) is 0 Å². The molecule has 1 aliphatic rings. The quantitative estimate of drug-likeness (QED) is 0.441. The van der Waals surface area contributed by atoms with Gasteiger partial charge >= 0.3 is 0 Å². The third-order valence-corrected chi connectivity index (χ3v) is 4.48. The number of aromatic nitrogens is 1. The molecule has 0 saturated heterocycles. The number of H-pyrrole nitrogens is 1. The Morgan fingerprint density at radius 2 is 1.96 bits per heavy atom. The Hall–Kier alpha value is -2.59. The normalized spacial score (nSPS) is 14.2. The highest BCUT2D eigenvalue weighted by atomic mass is 16.2. The number of hydrazine groups is 1. The number of benzene rings is 2. The van der Waals surface area contributed by atoms with Crippen LogP contribution >= 0.6 is 0 Å². The number of fused-ring (bicyclic) bond motifs is 1. The van der Waals surface area contributed by atoms with E-state index in [-0.39, 0.29) is 11.9 Å². The van der Waals surface area contributed by atoms with Gasteiger partial charge in [0.1, 0.15) is 0 Å². The number of carbonyl (C=O) groups excluding carboxylic acids is 1. The van der Waals surface area contributed by atoms with Gasteiger partial charge in [-0.2, -0.15) is 0 Å². The molecule has 0 bridgehead atoms. The Bertz CT molecular complexity index is 860. The second-order valence-electron chi connectivity index (χ2n) is 6.24. The molecule has 2 aromatic carbocycles. The number of hydrogen-bond donors (Lipinski definition) is 2. The van der Waals surface area contributed by atoms with Gasteiger partial charge in [0.2, 0.25) is 0 Å². The van der Waals surface area contributed by atoms with Crippen LogP contribution in [0.15, 0.2) is 48.5 Å². The van der Waals surface area contributed by atoms with E-state index in [1.807, 2.05) is 30.3 Å². The lowest BCUT2D eigenvalue weighted by Crippen LogP contribution is -2.39. The lowest BCUT2D eigenvalue weighted by molar-refractivity contribution is 0.0743. The molecular weight excluding hydrogens is 286 g/mol. The molecule has 1 amide bonds. The summed E-state index contributed by atoms with van der Waals surface area (Å²) in [6, 6.07) is 16.3. The molecule has 23 heavy (non-hydrogen) atoms. The maximum atomic E-state index is 12.5. The number of aryl methyl sites for hydroxylation is 1. The molecule has 3 aromatic rings. The van der Waals surface area contributed by atoms with Gasteiger partial charge in [0, 0.05) is 33.8 Å². The van der Waals surface area contributed by atoms with Crippen LogP contribution in [-0.2, 0) is 0 Å². The number of nitrogens with zero attached hydrogens (tertiary/aromatic N) is 1. The van der Waals surface area contributed by atoms with Crippen LogP contribution in [-0.4, -0.2) is 21.9 Å². The summed E-state index contributed by atoms with van der Waals surface area (Å²) in [6.07, 6.45) is 2.01. The molecule has 3 N–H and O–H groups in total. The highest BCUT2D eigenvalue weighted by Gasteiger charge is 2.31. The van der Waals surface area contributed by atoms with E-state index in [1.54, 1.807) is 0 Å². The fourth-order valence-electron chi connectivity index (χ4n) is 2.93. The first-order valence-electron chi connectivity index (χ1n) is 7.90. The summed E-state index contributed by atoms with van der Waals surface area (Å²) in [4.78, 5) is 15.9. The SMILES string of the molecule is Cc1ccc(C(=O)N(N)C2CC2)cc1-c1cc2ccccc2[nH]1. The van der Waals surface area contributed by atoms with E-state index >= 15 is 0 Å². The molecule has 0 radical (unpaired) electrons. The van der Waals surface area contributed by atoms with Crippen LogP contribution in [0.25, 0.3) is 22.2 Å². The van der Waals surface area contributed by atoms with Crippen LogP contribution in [0.5, 0.6) is 0 Å². The summed E-state index contributed by atoms with van der Waals surface area (Å²) < 4.78 is 0. The fourth-order valence-corrected chi connectivity index (χ4v) is 2.93. The molecule has 0 spiro atoms. The minimum Gasteiger partial charge on any atom is -0.355 e. The highest BCUT2D eigenvalue weighted by molar-refractivity contribution is 5.96. The van der Waals surface area contributed by atoms with E-state index < -0.39 is 0 Å². The molecule has 4 nitrogen and oxygen atoms in total. The van der Waals surface area contributed by atoms with Crippen LogP contribution < -0.4 is 5.84 Å². The van der Waals surface area contributed by atoms with Crippen LogP contribution in [0.2, 0.25) is 0 Å². The minimum atomic E-state index is -0.107. The van der Waals surface area contributed by atoms with Crippen molar-refractivity contribution >= 4 is 16.8 Å². The molecule has 1 fully saturated rings. The van der Waals surface area contributed by atoms with E-state index in [9.17, 15) is 4.79 Å². The summed E-state index contributed by atoms with van der Waals surface area (Å²) in [5, 5.41) is 2.54. The average molecular weight is 305 g/mol. The van der Waals surface area contributed by atoms with Gasteiger partial charge in [0.25, 0.3) is 5.91 Å². The Balaban J connectivity index is 1.75. The van der Waals surface area contributed by atoms with Crippen molar-refractivity contribution in [2.24, 2.45) is 5.84 Å². The molecule has 4 rings (SSSR count). The van der Waals surface area contributed by atoms with Gasteiger partial charge in [0.05, 0.1) is 0 Å². The van der Waals surface area contributed by atoms with Crippen molar-refractivity contribution in [3.8, 4) is 11.3 Å². The first-order chi connectivity index (χ1) is 11.1. The maximum absolute atomic E-state index is 12.5. The largest absolute Gasteiger partial charge is 0.355 e. The summed E-state index contributed by atoms with van der Waals surface area (Å²) >= 11 is 0. The number of carbonyl (C=O) groups is 1. The molecule has 116 valence electrons. The standard InChI is InChI=1S/C19H19N3O/c1-12-6-7-14(19(23)22(20)15-8-9-15)10-16(12)18-11-13-4-2-3-5-17(13)21-18/h2-7,10-11,15,21H,8-9,20H2,1H3. The van der Waals surface area contributed by atoms with Crippen molar-refractivity contribution in [2.75, 3.05) is 0 Å². The van der Waals surface area contributed by atoms with Crippen molar-refractivity contribution in [3.05, 3.63) is 59.7 Å². The van der Waals surface area contributed by atoms with Crippen LogP contribution in [0.1, 0.15) is 28.8 Å². The van der Waals surface area contributed by atoms with Gasteiger partial charge in [-0.1, -0.05) is 24.3 Å². The Morgan fingerprint density at radius 3 is 2.70 bits per heavy atom. The maximum Gasteiger partial charge on any atom is 0.268 e. The first kappa shape index (κ1) is 14.0. The van der Waals surface area contributed by atoms with Crippen LogP contribution in [0.3, 0.4) is 0 Å². The molecule has 1 aliphatic carbocycles. The molecule has 1 aromatic heterocycles. The van der Waals surface area contributed by atoms with E-state index in [1.165, 1.54) is 5.01 Å². The lowest BCUT2D eigenvalue weighted by Gasteiger charge is -2.16. The average Bonchev–Trinajstić information content (AvgIpc) is 3.32. The number of amides is 1. The number of nitrogens with two attached hydrogens (primary N) is 1. The minimum absolute atomic E-state index is 0.107. The topological polar surface area (TPSA) is 62.1 Å². The summed E-state index contributed by atoms with van der Waals surface area (Å²) in [5.41, 5.74) is 4.92. The molecule has 1 saturated carbocycles. The molecular formula is C19H19N3O. The second kappa shape index (κ2) is 5.25. The number of nitrogens with one attached hydrogen (secondary N) is 1. The zero-order chi connectivity index (χ0) is 16.0. The van der Waals surface area contributed by atoms with E-state index in [0.29, 0.717) is 5.56 Å². The number of hydrogen-bond acceptors (Lipinski definition) is 2. The third-order valence-electron chi connectivity index (χ3n) is 4.48. The zero-order valence-corrected chi connectivity index (χ0v) is 13.0. The van der Waals surface area contributed by atoms with Gasteiger partial charge in [-0.05, 0) is 49.6 Å². The van der Waals surface area contributed by atoms with Gasteiger partial charge < -0.3 is 4.98 Å². The number of para-hydroxylation sites is 1. The van der Waals surface area contributed by atoms with Crippen molar-refractivity contribution in [3.63, 3.8) is 0 Å². The second-order valence-corrected chi connectivity index (χ2v) is 6.24. The van der Waals surface area contributed by atoms with Crippen LogP contribution in [0, 0.1) is 6.92 Å². The van der Waals surface area contributed by atoms with Crippen molar-refractivity contribution in [2.45, 2.75) is 25.8 Å². The highest BCUT2D eigenvalue weighted by Crippen LogP contribution is 2.29. The lowest BCUT2D eigenvalue weighted by atomic mass is 10.0. The van der Waals surface area contributed by atoms with Crippen molar-refractivity contribution in [1.29, 1.82) is 0 Å². The molecule has 0 aliphatic heterocycles. The summed E-state index contributed by atoms with van der Waals surface area (Å²) in [7, 11) is 0. The zero-order valence-electron chi connectivity index (χ0n) is 13.0. The summed E-state index contributed by atoms with van der Waals surface area (Å²) in [5.74, 6) is 5.81. The van der Waals surface area contributed by atoms with Gasteiger partial charge in [-0.3, -0.25) is 9.80 Å². The first-order valence-corrected chi connectivity index (χ1v) is 7.90. The monoisotopic (exact) mass is 305 g/mol. The van der Waals surface area contributed by atoms with E-state index in [2.05, 4.69) is 30.1 Å². The number of rotatable bonds is 3. The van der Waals surface area contributed by atoms with Crippen molar-refractivity contribution < 1.29 is 4.79 Å². The third kappa shape index (κ3) is 2.51. The predicted molar refractivity (Wildman–Crippen MR) is 91.9 cm³/mol. The smallest absolute Gasteiger partial charge is 0.268 e. The van der Waals surface area contributed by atoms with E-state index in [4.69, 9.17) is 5.84 Å². The Labute approximate surface area is 134 Å². The molecule has 0 unspecified atom stereocenters. The molecule has 1 heterocycles. The number of aromatic amines is 1. The fraction of sp³-hybridized carbons (Fsp3) is 0.211. The molecule has 4 heteroatoms. The van der Waals surface area contributed by atoms with Gasteiger partial charge in [0.15, 0.2) is 0 Å². The molecule has 0 atom stereocenters.